The van der Waals surface area contributed by atoms with E-state index in [0.717, 1.165) is 24.8 Å². The molecule has 0 N–H and O–H groups in total. The molecule has 102 valence electrons. The number of carbonyl (C=O) groups is 2. The third kappa shape index (κ3) is 3.91. The average Bonchev–Trinajstić information content (AvgIpc) is 2.21. The highest BCUT2D eigenvalue weighted by molar-refractivity contribution is 7.40. The first-order chi connectivity index (χ1) is 8.24. The molecule has 0 heterocycles. The quantitative estimate of drug-likeness (QED) is 0.448. The first-order valence-electron chi connectivity index (χ1n) is 6.38. The van der Waals surface area contributed by atoms with Crippen molar-refractivity contribution >= 4 is 20.7 Å². The second-order valence-corrected chi connectivity index (χ2v) is 6.40. The molecule has 0 aromatic heterocycles. The zero-order valence-electron chi connectivity index (χ0n) is 11.5. The van der Waals surface area contributed by atoms with Crippen LogP contribution in [0.1, 0.15) is 46.5 Å². The Bertz CT molecular complexity index is 360. The van der Waals surface area contributed by atoms with Crippen molar-refractivity contribution in [2.75, 3.05) is 0 Å². The maximum atomic E-state index is 11.1. The molecule has 1 fully saturated rings. The van der Waals surface area contributed by atoms with Gasteiger partial charge in [-0.05, 0) is 36.2 Å². The number of hydrogen-bond acceptors (Lipinski definition) is 3. The van der Waals surface area contributed by atoms with Crippen LogP contribution in [-0.4, -0.2) is 17.6 Å². The molecule has 0 aromatic carbocycles. The normalized spacial score (nSPS) is 26.8. The van der Waals surface area contributed by atoms with Crippen LogP contribution >= 0.6 is 9.24 Å². The topological polar surface area (TPSA) is 43.4 Å². The van der Waals surface area contributed by atoms with E-state index in [1.54, 1.807) is 0 Å². The van der Waals surface area contributed by atoms with Gasteiger partial charge >= 0.3 is 5.97 Å². The van der Waals surface area contributed by atoms with Gasteiger partial charge in [-0.1, -0.05) is 29.7 Å². The van der Waals surface area contributed by atoms with E-state index in [1.165, 1.54) is 6.92 Å². The second-order valence-electron chi connectivity index (χ2n) is 5.76. The van der Waals surface area contributed by atoms with Crippen LogP contribution in [-0.2, 0) is 14.3 Å². The molecule has 0 saturated heterocycles. The van der Waals surface area contributed by atoms with E-state index in [4.69, 9.17) is 4.74 Å². The fourth-order valence-corrected chi connectivity index (χ4v) is 2.95. The fraction of sp³-hybridized carbons (Fsp3) is 0.714. The van der Waals surface area contributed by atoms with Gasteiger partial charge in [0.1, 0.15) is 11.6 Å². The molecular weight excluding hydrogens is 247 g/mol. The zero-order chi connectivity index (χ0) is 13.9. The molecule has 0 aliphatic heterocycles. The Morgan fingerprint density at radius 1 is 1.50 bits per heavy atom. The van der Waals surface area contributed by atoms with Crippen LogP contribution in [0.3, 0.4) is 0 Å². The van der Waals surface area contributed by atoms with Crippen LogP contribution < -0.4 is 0 Å². The van der Waals surface area contributed by atoms with Gasteiger partial charge in [0, 0.05) is 13.3 Å². The lowest BCUT2D eigenvalue weighted by Gasteiger charge is -2.43. The SMILES string of the molecule is C=C1C(OC(C)=O)CCC(C)(C)C1CCC(=O)P. The molecule has 4 heteroatoms. The summed E-state index contributed by atoms with van der Waals surface area (Å²) in [5.74, 6) is -0.0261. The summed E-state index contributed by atoms with van der Waals surface area (Å²) in [4.78, 5) is 22.2. The minimum atomic E-state index is -0.262. The molecule has 1 aliphatic rings. The lowest BCUT2D eigenvalue weighted by molar-refractivity contribution is -0.146. The Kier molecular flexibility index (Phi) is 5.10. The van der Waals surface area contributed by atoms with Gasteiger partial charge < -0.3 is 4.74 Å². The van der Waals surface area contributed by atoms with Gasteiger partial charge in [0.25, 0.3) is 0 Å². The van der Waals surface area contributed by atoms with E-state index in [9.17, 15) is 9.59 Å². The fourth-order valence-electron chi connectivity index (χ4n) is 2.79. The van der Waals surface area contributed by atoms with Crippen molar-refractivity contribution in [2.24, 2.45) is 11.3 Å². The number of rotatable bonds is 4. The highest BCUT2D eigenvalue weighted by Gasteiger charge is 2.40. The first-order valence-corrected chi connectivity index (χ1v) is 6.96. The van der Waals surface area contributed by atoms with Gasteiger partial charge in [-0.3, -0.25) is 9.59 Å². The Morgan fingerprint density at radius 3 is 2.61 bits per heavy atom. The predicted molar refractivity (Wildman–Crippen MR) is 75.2 cm³/mol. The minimum Gasteiger partial charge on any atom is -0.458 e. The summed E-state index contributed by atoms with van der Waals surface area (Å²) in [6.07, 6.45) is 2.95. The molecule has 0 amide bonds. The second kappa shape index (κ2) is 5.97. The monoisotopic (exact) mass is 270 g/mol. The molecule has 0 aromatic rings. The lowest BCUT2D eigenvalue weighted by Crippen LogP contribution is -2.38. The number of hydrogen-bond donors (Lipinski definition) is 0. The highest BCUT2D eigenvalue weighted by Crippen LogP contribution is 2.46. The summed E-state index contributed by atoms with van der Waals surface area (Å²) in [7, 11) is 2.21. The molecule has 18 heavy (non-hydrogen) atoms. The summed E-state index contributed by atoms with van der Waals surface area (Å²) in [6.45, 7) is 9.92. The summed E-state index contributed by atoms with van der Waals surface area (Å²) < 4.78 is 5.31. The average molecular weight is 270 g/mol. The van der Waals surface area contributed by atoms with Gasteiger partial charge in [-0.25, -0.2) is 0 Å². The molecule has 1 saturated carbocycles. The highest BCUT2D eigenvalue weighted by atomic mass is 31.0. The van der Waals surface area contributed by atoms with Crippen molar-refractivity contribution in [3.63, 3.8) is 0 Å². The summed E-state index contributed by atoms with van der Waals surface area (Å²) in [5.41, 5.74) is 1.20. The van der Waals surface area contributed by atoms with Crippen molar-refractivity contribution in [3.05, 3.63) is 12.2 Å². The van der Waals surface area contributed by atoms with Crippen molar-refractivity contribution in [1.29, 1.82) is 0 Å². The first kappa shape index (κ1) is 15.4. The van der Waals surface area contributed by atoms with Crippen LogP contribution in [0.2, 0.25) is 0 Å². The van der Waals surface area contributed by atoms with Crippen LogP contribution in [0.4, 0.5) is 0 Å². The van der Waals surface area contributed by atoms with Crippen molar-refractivity contribution in [2.45, 2.75) is 52.6 Å². The standard InChI is InChI=1S/C14H23O3P/c1-9-11(5-6-13(16)18)14(3,4)8-7-12(9)17-10(2)15/h11-12H,1,5-8,18H2,2-4H3. The van der Waals surface area contributed by atoms with Gasteiger partial charge in [0.05, 0.1) is 0 Å². The summed E-state index contributed by atoms with van der Waals surface area (Å²) >= 11 is 0. The van der Waals surface area contributed by atoms with Gasteiger partial charge in [0.2, 0.25) is 0 Å². The Morgan fingerprint density at radius 2 is 2.11 bits per heavy atom. The zero-order valence-corrected chi connectivity index (χ0v) is 12.6. The van der Waals surface area contributed by atoms with Crippen molar-refractivity contribution < 1.29 is 14.3 Å². The third-order valence-electron chi connectivity index (χ3n) is 3.84. The van der Waals surface area contributed by atoms with E-state index in [0.29, 0.717) is 6.42 Å². The van der Waals surface area contributed by atoms with E-state index in [-0.39, 0.29) is 28.9 Å². The van der Waals surface area contributed by atoms with Crippen LogP contribution in [0.25, 0.3) is 0 Å². The van der Waals surface area contributed by atoms with E-state index in [1.807, 2.05) is 0 Å². The Labute approximate surface area is 112 Å². The van der Waals surface area contributed by atoms with E-state index in [2.05, 4.69) is 29.7 Å². The largest absolute Gasteiger partial charge is 0.458 e. The smallest absolute Gasteiger partial charge is 0.303 e. The number of esters is 1. The molecule has 3 nitrogen and oxygen atoms in total. The van der Waals surface area contributed by atoms with Crippen molar-refractivity contribution in [1.82, 2.24) is 0 Å². The molecule has 1 rings (SSSR count). The number of ether oxygens (including phenoxy) is 1. The van der Waals surface area contributed by atoms with Crippen LogP contribution in [0.5, 0.6) is 0 Å². The molecule has 1 aliphatic carbocycles. The summed E-state index contributed by atoms with van der Waals surface area (Å²) in [5, 5.41) is 0. The predicted octanol–water partition coefficient (Wildman–Crippen LogP) is 3.09. The lowest BCUT2D eigenvalue weighted by atomic mass is 9.64. The van der Waals surface area contributed by atoms with Gasteiger partial charge in [-0.2, -0.15) is 0 Å². The third-order valence-corrected chi connectivity index (χ3v) is 4.13. The van der Waals surface area contributed by atoms with Gasteiger partial charge in [0.15, 0.2) is 0 Å². The maximum Gasteiger partial charge on any atom is 0.303 e. The molecule has 3 atom stereocenters. The van der Waals surface area contributed by atoms with Crippen LogP contribution in [0.15, 0.2) is 12.2 Å². The number of carbonyl (C=O) groups excluding carboxylic acids is 2. The Hall–Kier alpha value is -0.690. The minimum absolute atomic E-state index is 0.119. The van der Waals surface area contributed by atoms with Crippen LogP contribution in [0, 0.1) is 11.3 Å². The van der Waals surface area contributed by atoms with E-state index < -0.39 is 0 Å². The molecule has 0 radical (unpaired) electrons. The molecular formula is C14H23O3P. The Balaban J connectivity index is 2.76. The molecule has 3 unspecified atom stereocenters. The molecule has 0 spiro atoms. The van der Waals surface area contributed by atoms with E-state index >= 15 is 0 Å². The van der Waals surface area contributed by atoms with Gasteiger partial charge in [-0.15, -0.1) is 0 Å². The summed E-state index contributed by atoms with van der Waals surface area (Å²) in [6, 6.07) is 0. The van der Waals surface area contributed by atoms with Crippen molar-refractivity contribution in [3.8, 4) is 0 Å². The molecule has 0 bridgehead atoms. The maximum absolute atomic E-state index is 11.1.